The number of carbonyl (C=O) groups excluding carboxylic acids is 1. The van der Waals surface area contributed by atoms with Gasteiger partial charge in [0.15, 0.2) is 0 Å². The summed E-state index contributed by atoms with van der Waals surface area (Å²) in [5.74, 6) is 1.32. The molecule has 34 heavy (non-hydrogen) atoms. The standard InChI is InChI=1S/C27H27N5O2/c1-19-14-20(2)32(30-19)23-10-6-8-21(15-23)27(33)31-13-7-9-22(18-31)25-16-28-17-26(29-25)34-24-11-4-3-5-12-24/h3-6,8,10-12,14-17,22H,7,9,13,18H2,1-2H3/t22-/m0/s1. The van der Waals surface area contributed by atoms with Crippen molar-refractivity contribution in [1.82, 2.24) is 24.6 Å². The highest BCUT2D eigenvalue weighted by Gasteiger charge is 2.27. The number of amides is 1. The number of ether oxygens (including phenoxy) is 1. The van der Waals surface area contributed by atoms with Gasteiger partial charge in [-0.15, -0.1) is 0 Å². The Kier molecular flexibility index (Phi) is 6.08. The maximum atomic E-state index is 13.4. The van der Waals surface area contributed by atoms with Gasteiger partial charge in [0.25, 0.3) is 5.91 Å². The first kappa shape index (κ1) is 21.8. The third-order valence-electron chi connectivity index (χ3n) is 6.07. The minimum Gasteiger partial charge on any atom is -0.437 e. The number of hydrogen-bond acceptors (Lipinski definition) is 5. The van der Waals surface area contributed by atoms with Crippen LogP contribution in [0.1, 0.15) is 46.2 Å². The van der Waals surface area contributed by atoms with E-state index in [9.17, 15) is 4.79 Å². The van der Waals surface area contributed by atoms with Crippen molar-refractivity contribution in [2.24, 2.45) is 0 Å². The van der Waals surface area contributed by atoms with E-state index < -0.39 is 0 Å². The van der Waals surface area contributed by atoms with E-state index >= 15 is 0 Å². The van der Waals surface area contributed by atoms with Crippen LogP contribution in [0.2, 0.25) is 0 Å². The van der Waals surface area contributed by atoms with Crippen LogP contribution < -0.4 is 4.74 Å². The van der Waals surface area contributed by atoms with E-state index in [1.165, 1.54) is 0 Å². The van der Waals surface area contributed by atoms with Gasteiger partial charge in [0.05, 0.1) is 23.3 Å². The zero-order valence-corrected chi connectivity index (χ0v) is 19.4. The smallest absolute Gasteiger partial charge is 0.253 e. The molecule has 2 aromatic carbocycles. The summed E-state index contributed by atoms with van der Waals surface area (Å²) in [7, 11) is 0. The third kappa shape index (κ3) is 4.69. The molecule has 0 bridgehead atoms. The average molecular weight is 454 g/mol. The number of likely N-dealkylation sites (tertiary alicyclic amines) is 1. The van der Waals surface area contributed by atoms with E-state index in [4.69, 9.17) is 4.74 Å². The summed E-state index contributed by atoms with van der Waals surface area (Å²) in [5, 5.41) is 4.55. The first-order valence-corrected chi connectivity index (χ1v) is 11.5. The van der Waals surface area contributed by atoms with Crippen LogP contribution in [0.25, 0.3) is 5.69 Å². The second-order valence-electron chi connectivity index (χ2n) is 8.68. The molecule has 0 N–H and O–H groups in total. The van der Waals surface area contributed by atoms with Gasteiger partial charge >= 0.3 is 0 Å². The number of para-hydroxylation sites is 1. The van der Waals surface area contributed by atoms with E-state index in [1.54, 1.807) is 12.4 Å². The first-order valence-electron chi connectivity index (χ1n) is 11.5. The second-order valence-corrected chi connectivity index (χ2v) is 8.68. The van der Waals surface area contributed by atoms with Crippen molar-refractivity contribution in [3.8, 4) is 17.3 Å². The van der Waals surface area contributed by atoms with E-state index in [0.29, 0.717) is 18.0 Å². The van der Waals surface area contributed by atoms with Crippen LogP contribution in [0.4, 0.5) is 0 Å². The predicted molar refractivity (Wildman–Crippen MR) is 129 cm³/mol. The Bertz CT molecular complexity index is 1300. The third-order valence-corrected chi connectivity index (χ3v) is 6.07. The Balaban J connectivity index is 1.32. The Morgan fingerprint density at radius 1 is 1.03 bits per heavy atom. The highest BCUT2D eigenvalue weighted by Crippen LogP contribution is 2.28. The highest BCUT2D eigenvalue weighted by molar-refractivity contribution is 5.94. The highest BCUT2D eigenvalue weighted by atomic mass is 16.5. The number of rotatable bonds is 5. The van der Waals surface area contributed by atoms with E-state index in [2.05, 4.69) is 15.1 Å². The molecule has 0 aliphatic carbocycles. The molecule has 7 heteroatoms. The molecule has 7 nitrogen and oxygen atoms in total. The maximum absolute atomic E-state index is 13.4. The number of carbonyl (C=O) groups is 1. The molecule has 1 aliphatic heterocycles. The molecule has 1 aliphatic rings. The fourth-order valence-electron chi connectivity index (χ4n) is 4.46. The van der Waals surface area contributed by atoms with Crippen LogP contribution in [0.5, 0.6) is 11.6 Å². The van der Waals surface area contributed by atoms with Gasteiger partial charge in [-0.05, 0) is 63.1 Å². The van der Waals surface area contributed by atoms with Gasteiger partial charge in [-0.1, -0.05) is 24.3 Å². The van der Waals surface area contributed by atoms with Crippen LogP contribution in [0.15, 0.2) is 73.1 Å². The van der Waals surface area contributed by atoms with Crippen LogP contribution >= 0.6 is 0 Å². The topological polar surface area (TPSA) is 73.1 Å². The van der Waals surface area contributed by atoms with Gasteiger partial charge in [-0.2, -0.15) is 5.10 Å². The van der Waals surface area contributed by atoms with Crippen molar-refractivity contribution in [2.75, 3.05) is 13.1 Å². The lowest BCUT2D eigenvalue weighted by Crippen LogP contribution is -2.39. The fraction of sp³-hybridized carbons (Fsp3) is 0.259. The molecule has 3 heterocycles. The molecule has 0 radical (unpaired) electrons. The summed E-state index contributed by atoms with van der Waals surface area (Å²) in [5.41, 5.74) is 4.39. The number of nitrogens with zero attached hydrogens (tertiary/aromatic N) is 5. The summed E-state index contributed by atoms with van der Waals surface area (Å²) in [6, 6.07) is 19.2. The average Bonchev–Trinajstić information content (AvgIpc) is 3.22. The molecule has 1 amide bonds. The predicted octanol–water partition coefficient (Wildman–Crippen LogP) is 5.09. The first-order chi connectivity index (χ1) is 16.6. The minimum atomic E-state index is 0.0257. The van der Waals surface area contributed by atoms with Crippen molar-refractivity contribution < 1.29 is 9.53 Å². The minimum absolute atomic E-state index is 0.0257. The lowest BCUT2D eigenvalue weighted by molar-refractivity contribution is 0.0705. The van der Waals surface area contributed by atoms with Gasteiger partial charge in [0.2, 0.25) is 5.88 Å². The van der Waals surface area contributed by atoms with Crippen LogP contribution in [-0.4, -0.2) is 43.6 Å². The summed E-state index contributed by atoms with van der Waals surface area (Å²) < 4.78 is 7.73. The Hall–Kier alpha value is -4.00. The molecule has 172 valence electrons. The molecule has 0 saturated carbocycles. The van der Waals surface area contributed by atoms with Crippen LogP contribution in [0, 0.1) is 13.8 Å². The molecular weight excluding hydrogens is 426 g/mol. The summed E-state index contributed by atoms with van der Waals surface area (Å²) in [4.78, 5) is 24.3. The molecule has 5 rings (SSSR count). The van der Waals surface area contributed by atoms with Crippen LogP contribution in [-0.2, 0) is 0 Å². The summed E-state index contributed by atoms with van der Waals surface area (Å²) >= 11 is 0. The molecule has 0 spiro atoms. The molecule has 2 aromatic heterocycles. The second kappa shape index (κ2) is 9.47. The van der Waals surface area contributed by atoms with E-state index in [0.717, 1.165) is 47.9 Å². The van der Waals surface area contributed by atoms with E-state index in [-0.39, 0.29) is 11.8 Å². The molecular formula is C27H27N5O2. The van der Waals surface area contributed by atoms with Crippen molar-refractivity contribution in [3.05, 3.63) is 95.7 Å². The molecule has 1 fully saturated rings. The van der Waals surface area contributed by atoms with Gasteiger partial charge in [-0.25, -0.2) is 9.67 Å². The summed E-state index contributed by atoms with van der Waals surface area (Å²) in [6.45, 7) is 5.31. The largest absolute Gasteiger partial charge is 0.437 e. The Labute approximate surface area is 199 Å². The Morgan fingerprint density at radius 3 is 2.68 bits per heavy atom. The maximum Gasteiger partial charge on any atom is 0.253 e. The van der Waals surface area contributed by atoms with Gasteiger partial charge in [0.1, 0.15) is 5.75 Å². The Morgan fingerprint density at radius 2 is 1.88 bits per heavy atom. The van der Waals surface area contributed by atoms with Crippen LogP contribution in [0.3, 0.4) is 0 Å². The normalized spacial score (nSPS) is 15.8. The summed E-state index contributed by atoms with van der Waals surface area (Å²) in [6.07, 6.45) is 5.27. The lowest BCUT2D eigenvalue weighted by Gasteiger charge is -2.32. The fourth-order valence-corrected chi connectivity index (χ4v) is 4.46. The van der Waals surface area contributed by atoms with Crippen molar-refractivity contribution in [2.45, 2.75) is 32.6 Å². The monoisotopic (exact) mass is 453 g/mol. The van der Waals surface area contributed by atoms with Crippen molar-refractivity contribution in [3.63, 3.8) is 0 Å². The SMILES string of the molecule is Cc1cc(C)n(-c2cccc(C(=O)N3CCC[C@H](c4cncc(Oc5ccccc5)n4)C3)c2)n1. The molecule has 0 unspecified atom stereocenters. The number of hydrogen-bond donors (Lipinski definition) is 0. The number of piperidine rings is 1. The lowest BCUT2D eigenvalue weighted by atomic mass is 9.94. The van der Waals surface area contributed by atoms with Crippen molar-refractivity contribution >= 4 is 5.91 Å². The number of benzene rings is 2. The zero-order chi connectivity index (χ0) is 23.5. The number of aromatic nitrogens is 4. The van der Waals surface area contributed by atoms with Gasteiger partial charge in [0, 0.05) is 36.5 Å². The van der Waals surface area contributed by atoms with Gasteiger partial charge < -0.3 is 9.64 Å². The van der Waals surface area contributed by atoms with Crippen molar-refractivity contribution in [1.29, 1.82) is 0 Å². The molecule has 1 atom stereocenters. The van der Waals surface area contributed by atoms with E-state index in [1.807, 2.05) is 84.1 Å². The van der Waals surface area contributed by atoms with Gasteiger partial charge in [-0.3, -0.25) is 9.78 Å². The molecule has 1 saturated heterocycles. The molecule has 4 aromatic rings. The number of aryl methyl sites for hydroxylation is 2. The quantitative estimate of drug-likeness (QED) is 0.421. The zero-order valence-electron chi connectivity index (χ0n) is 19.4.